The maximum Gasteiger partial charge on any atom is 0.318 e. The van der Waals surface area contributed by atoms with E-state index in [-0.39, 0.29) is 28.8 Å². The Hall–Kier alpha value is -4.42. The monoisotopic (exact) mass is 621 g/mol. The molecule has 0 bridgehead atoms. The third-order valence-electron chi connectivity index (χ3n) is 10.5. The quantitative estimate of drug-likeness (QED) is 0.261. The van der Waals surface area contributed by atoms with Gasteiger partial charge in [-0.1, -0.05) is 18.6 Å². The first-order valence-corrected chi connectivity index (χ1v) is 16.4. The average Bonchev–Trinajstić information content (AvgIpc) is 3.79. The van der Waals surface area contributed by atoms with Crippen LogP contribution >= 0.6 is 0 Å². The number of hydrogen-bond donors (Lipinski definition) is 1. The Labute approximate surface area is 269 Å². The molecule has 1 aliphatic carbocycles. The fraction of sp³-hybridized carbons (Fsp3) is 0.432. The molecule has 1 atom stereocenters. The number of likely N-dealkylation sites (N-methyl/N-ethyl adjacent to an activating group) is 1. The van der Waals surface area contributed by atoms with Crippen molar-refractivity contribution in [2.45, 2.75) is 62.9 Å². The van der Waals surface area contributed by atoms with Crippen LogP contribution < -0.4 is 9.64 Å². The smallest absolute Gasteiger partial charge is 0.318 e. The number of anilines is 1. The van der Waals surface area contributed by atoms with E-state index >= 15 is 0 Å². The summed E-state index contributed by atoms with van der Waals surface area (Å²) < 4.78 is 21.3. The largest absolute Gasteiger partial charge is 0.508 e. The molecule has 0 spiro atoms. The number of halogens is 1. The lowest BCUT2D eigenvalue weighted by molar-refractivity contribution is -0.126. The molecule has 1 amide bonds. The molecular weight excluding hydrogens is 581 g/mol. The number of aromatic hydroxyl groups is 1. The molecule has 4 aliphatic rings. The van der Waals surface area contributed by atoms with E-state index in [9.17, 15) is 14.3 Å². The van der Waals surface area contributed by atoms with Crippen molar-refractivity contribution in [1.82, 2.24) is 19.8 Å². The highest BCUT2D eigenvalue weighted by atomic mass is 19.1. The van der Waals surface area contributed by atoms with Gasteiger partial charge in [0.15, 0.2) is 0 Å². The summed E-state index contributed by atoms with van der Waals surface area (Å²) in [6.45, 7) is 7.79. The summed E-state index contributed by atoms with van der Waals surface area (Å²) in [7, 11) is 2.01. The van der Waals surface area contributed by atoms with Gasteiger partial charge < -0.3 is 19.6 Å². The highest BCUT2D eigenvalue weighted by molar-refractivity contribution is 6.02. The van der Waals surface area contributed by atoms with Crippen molar-refractivity contribution in [3.63, 3.8) is 0 Å². The third kappa shape index (κ3) is 5.28. The molecule has 238 valence electrons. The predicted molar refractivity (Wildman–Crippen MR) is 178 cm³/mol. The summed E-state index contributed by atoms with van der Waals surface area (Å²) in [4.78, 5) is 29.1. The van der Waals surface area contributed by atoms with Crippen LogP contribution in [0.4, 0.5) is 10.2 Å². The van der Waals surface area contributed by atoms with E-state index in [1.807, 2.05) is 18.0 Å². The van der Waals surface area contributed by atoms with E-state index in [4.69, 9.17) is 21.1 Å². The van der Waals surface area contributed by atoms with Crippen LogP contribution in [0.25, 0.3) is 22.4 Å². The number of rotatable bonds is 8. The number of phenols is 1. The average molecular weight is 622 g/mol. The van der Waals surface area contributed by atoms with Crippen LogP contribution in [-0.2, 0) is 11.2 Å². The zero-order valence-electron chi connectivity index (χ0n) is 26.4. The first kappa shape index (κ1) is 30.2. The second kappa shape index (κ2) is 12.1. The predicted octanol–water partition coefficient (Wildman–Crippen LogP) is 5.56. The maximum atomic E-state index is 14.9. The molecule has 3 fully saturated rings. The van der Waals surface area contributed by atoms with Crippen LogP contribution in [0.3, 0.4) is 0 Å². The lowest BCUT2D eigenvalue weighted by Crippen LogP contribution is -2.43. The SMILES string of the molecule is C#Cc1c(F)ccc2cc(O)cc(C3=Cc4nc(OCC56CCCN5CCC6)nc(N(C)C[C@@H]5CCCN5C(=O)C=C)c4CC3)c12. The first-order chi connectivity index (χ1) is 22.3. The van der Waals surface area contributed by atoms with Gasteiger partial charge in [-0.3, -0.25) is 9.69 Å². The zero-order chi connectivity index (χ0) is 32.0. The Morgan fingerprint density at radius 1 is 1.22 bits per heavy atom. The molecule has 9 heteroatoms. The zero-order valence-corrected chi connectivity index (χ0v) is 26.4. The van der Waals surface area contributed by atoms with Gasteiger partial charge in [0, 0.05) is 37.1 Å². The number of amides is 1. The Morgan fingerprint density at radius 3 is 2.78 bits per heavy atom. The van der Waals surface area contributed by atoms with Crippen molar-refractivity contribution >= 4 is 34.1 Å². The number of nitrogens with zero attached hydrogens (tertiary/aromatic N) is 5. The molecule has 3 aliphatic heterocycles. The second-order valence-corrected chi connectivity index (χ2v) is 13.1. The lowest BCUT2D eigenvalue weighted by atomic mass is 9.87. The Balaban J connectivity index is 1.29. The van der Waals surface area contributed by atoms with Gasteiger partial charge in [-0.2, -0.15) is 9.97 Å². The maximum absolute atomic E-state index is 14.9. The minimum Gasteiger partial charge on any atom is -0.508 e. The van der Waals surface area contributed by atoms with E-state index in [1.54, 1.807) is 18.2 Å². The number of fused-ring (bicyclic) bond motifs is 3. The summed E-state index contributed by atoms with van der Waals surface area (Å²) in [5.74, 6) is 2.89. The summed E-state index contributed by atoms with van der Waals surface area (Å²) in [5, 5.41) is 11.9. The number of aromatic nitrogens is 2. The molecule has 1 N–H and O–H groups in total. The van der Waals surface area contributed by atoms with Crippen molar-refractivity contribution in [1.29, 1.82) is 0 Å². The molecule has 0 unspecified atom stereocenters. The highest BCUT2D eigenvalue weighted by Gasteiger charge is 2.45. The van der Waals surface area contributed by atoms with Gasteiger partial charge in [0.25, 0.3) is 0 Å². The van der Waals surface area contributed by atoms with Crippen LogP contribution in [0.1, 0.15) is 67.3 Å². The van der Waals surface area contributed by atoms with E-state index in [0.29, 0.717) is 48.3 Å². The van der Waals surface area contributed by atoms with Crippen molar-refractivity contribution in [2.24, 2.45) is 0 Å². The van der Waals surface area contributed by atoms with Crippen LogP contribution in [0, 0.1) is 18.2 Å². The molecule has 0 saturated carbocycles. The highest BCUT2D eigenvalue weighted by Crippen LogP contribution is 2.42. The fourth-order valence-corrected chi connectivity index (χ4v) is 8.23. The number of carbonyl (C=O) groups excluding carboxylic acids is 1. The number of allylic oxidation sites excluding steroid dienone is 1. The number of carbonyl (C=O) groups is 1. The van der Waals surface area contributed by atoms with Crippen LogP contribution in [-0.4, -0.2) is 82.2 Å². The second-order valence-electron chi connectivity index (χ2n) is 13.1. The Bertz CT molecular complexity index is 1790. The lowest BCUT2D eigenvalue weighted by Gasteiger charge is -2.32. The minimum atomic E-state index is -0.469. The third-order valence-corrected chi connectivity index (χ3v) is 10.5. The van der Waals surface area contributed by atoms with Crippen LogP contribution in [0.2, 0.25) is 0 Å². The Kier molecular flexibility index (Phi) is 7.93. The van der Waals surface area contributed by atoms with Gasteiger partial charge >= 0.3 is 6.01 Å². The summed E-state index contributed by atoms with van der Waals surface area (Å²) in [6, 6.07) is 6.63. The molecule has 2 aromatic carbocycles. The normalized spacial score (nSPS) is 20.2. The minimum absolute atomic E-state index is 0.0396. The molecule has 4 heterocycles. The van der Waals surface area contributed by atoms with E-state index in [0.717, 1.165) is 68.0 Å². The van der Waals surface area contributed by atoms with Gasteiger partial charge in [-0.05, 0) is 111 Å². The van der Waals surface area contributed by atoms with E-state index in [2.05, 4.69) is 22.3 Å². The number of phenolic OH excluding ortho intramolecular Hbond substituents is 1. The van der Waals surface area contributed by atoms with Gasteiger partial charge in [-0.15, -0.1) is 6.42 Å². The summed E-state index contributed by atoms with van der Waals surface area (Å²) in [5.41, 5.74) is 3.55. The van der Waals surface area contributed by atoms with E-state index in [1.165, 1.54) is 25.0 Å². The van der Waals surface area contributed by atoms with Gasteiger partial charge in [-0.25, -0.2) is 4.39 Å². The van der Waals surface area contributed by atoms with Crippen molar-refractivity contribution in [3.05, 3.63) is 65.1 Å². The standard InChI is InChI=1S/C37H40FN5O3/c1-4-28-31(38)13-11-25-19-27(44)21-30(34(25)28)24-10-12-29-32(20-24)39-36(46-23-37-14-7-16-42(37)17-8-15-37)40-35(29)41(3)22-26-9-6-18-43(26)33(45)5-2/h1,5,11,13,19-21,26,44H,2,6-10,12,14-18,22-23H2,3H3/t26-/m0/s1. The van der Waals surface area contributed by atoms with Gasteiger partial charge in [0.2, 0.25) is 5.91 Å². The van der Waals surface area contributed by atoms with Crippen molar-refractivity contribution < 1.29 is 19.0 Å². The number of benzene rings is 2. The molecule has 8 nitrogen and oxygen atoms in total. The molecule has 7 rings (SSSR count). The summed E-state index contributed by atoms with van der Waals surface area (Å²) in [6.07, 6.45) is 16.9. The fourth-order valence-electron chi connectivity index (χ4n) is 8.23. The van der Waals surface area contributed by atoms with Gasteiger partial charge in [0.1, 0.15) is 24.0 Å². The number of hydrogen-bond acceptors (Lipinski definition) is 7. The summed E-state index contributed by atoms with van der Waals surface area (Å²) >= 11 is 0. The number of likely N-dealkylation sites (tertiary alicyclic amines) is 1. The van der Waals surface area contributed by atoms with Crippen LogP contribution in [0.5, 0.6) is 11.8 Å². The molecular formula is C37H40FN5O3. The van der Waals surface area contributed by atoms with Crippen molar-refractivity contribution in [3.8, 4) is 24.1 Å². The van der Waals surface area contributed by atoms with Gasteiger partial charge in [0.05, 0.1) is 16.8 Å². The topological polar surface area (TPSA) is 82.0 Å². The molecule has 0 radical (unpaired) electrons. The van der Waals surface area contributed by atoms with Crippen LogP contribution in [0.15, 0.2) is 36.9 Å². The molecule has 46 heavy (non-hydrogen) atoms. The first-order valence-electron chi connectivity index (χ1n) is 16.4. The number of ether oxygens (including phenoxy) is 1. The molecule has 3 aromatic rings. The number of terminal acetylenes is 1. The molecule has 1 aromatic heterocycles. The Morgan fingerprint density at radius 2 is 2.02 bits per heavy atom. The molecule has 3 saturated heterocycles. The van der Waals surface area contributed by atoms with Crippen molar-refractivity contribution in [2.75, 3.05) is 44.7 Å². The van der Waals surface area contributed by atoms with E-state index < -0.39 is 5.82 Å².